The molecule has 0 saturated carbocycles. The zero-order valence-electron chi connectivity index (χ0n) is 13.1. The Balaban J connectivity index is 0.00000176. The molecule has 0 bridgehead atoms. The molecule has 1 aromatic heterocycles. The minimum atomic E-state index is 0. The van der Waals surface area contributed by atoms with Gasteiger partial charge in [-0.3, -0.25) is 0 Å². The summed E-state index contributed by atoms with van der Waals surface area (Å²) >= 11 is 0. The molecule has 1 aliphatic heterocycles. The van der Waals surface area contributed by atoms with Crippen molar-refractivity contribution in [2.75, 3.05) is 31.6 Å². The Labute approximate surface area is 137 Å². The molecule has 6 heteroatoms. The molecule has 0 radical (unpaired) electrons. The summed E-state index contributed by atoms with van der Waals surface area (Å²) < 4.78 is 5.73. The first kappa shape index (κ1) is 16.8. The van der Waals surface area contributed by atoms with Crippen LogP contribution in [0.5, 0.6) is 5.88 Å². The molecule has 2 heterocycles. The fourth-order valence-corrected chi connectivity index (χ4v) is 2.80. The topological polar surface area (TPSA) is 50.3 Å². The predicted molar refractivity (Wildman–Crippen MR) is 92.2 cm³/mol. The van der Waals surface area contributed by atoms with Gasteiger partial charge in [0.2, 0.25) is 0 Å². The van der Waals surface area contributed by atoms with Gasteiger partial charge >= 0.3 is 0 Å². The lowest BCUT2D eigenvalue weighted by molar-refractivity contribution is 0.325. The smallest absolute Gasteiger partial charge is 0.258 e. The number of halogens is 1. The van der Waals surface area contributed by atoms with Crippen molar-refractivity contribution < 1.29 is 4.74 Å². The monoisotopic (exact) mass is 322 g/mol. The Morgan fingerprint density at radius 2 is 1.82 bits per heavy atom. The molecule has 120 valence electrons. The highest BCUT2D eigenvalue weighted by molar-refractivity contribution is 5.85. The first-order valence-electron chi connectivity index (χ1n) is 7.62. The lowest BCUT2D eigenvalue weighted by Gasteiger charge is -2.33. The van der Waals surface area contributed by atoms with Crippen LogP contribution in [-0.2, 0) is 0 Å². The van der Waals surface area contributed by atoms with Crippen molar-refractivity contribution in [1.29, 1.82) is 0 Å². The van der Waals surface area contributed by atoms with Crippen LogP contribution in [0.25, 0.3) is 11.0 Å². The van der Waals surface area contributed by atoms with Crippen LogP contribution in [0.3, 0.4) is 0 Å². The third-order valence-corrected chi connectivity index (χ3v) is 3.99. The lowest BCUT2D eigenvalue weighted by atomic mass is 10.1. The summed E-state index contributed by atoms with van der Waals surface area (Å²) in [6.45, 7) is 4.69. The quantitative estimate of drug-likeness (QED) is 0.937. The number of benzene rings is 1. The van der Waals surface area contributed by atoms with Gasteiger partial charge in [0.1, 0.15) is 0 Å². The van der Waals surface area contributed by atoms with Gasteiger partial charge in [-0.25, -0.2) is 9.97 Å². The number of piperidine rings is 1. The molecule has 1 N–H and O–H groups in total. The molecular weight excluding hydrogens is 300 g/mol. The summed E-state index contributed by atoms with van der Waals surface area (Å²) in [5.41, 5.74) is 1.79. The number of hydrogen-bond acceptors (Lipinski definition) is 5. The largest absolute Gasteiger partial charge is 0.475 e. The van der Waals surface area contributed by atoms with Gasteiger partial charge < -0.3 is 15.0 Å². The van der Waals surface area contributed by atoms with Gasteiger partial charge in [0.25, 0.3) is 5.88 Å². The van der Waals surface area contributed by atoms with Crippen molar-refractivity contribution in [3.8, 4) is 5.88 Å². The second kappa shape index (κ2) is 7.61. The maximum absolute atomic E-state index is 5.73. The second-order valence-electron chi connectivity index (χ2n) is 5.37. The SMILES string of the molecule is CCOc1nc2ccccc2nc1N(C)C1CCNCC1.Cl. The van der Waals surface area contributed by atoms with Crippen molar-refractivity contribution in [3.63, 3.8) is 0 Å². The lowest BCUT2D eigenvalue weighted by Crippen LogP contribution is -2.41. The normalized spacial score (nSPS) is 15.4. The maximum atomic E-state index is 5.73. The van der Waals surface area contributed by atoms with Crippen LogP contribution in [-0.4, -0.2) is 42.8 Å². The zero-order chi connectivity index (χ0) is 14.7. The Bertz CT molecular complexity index is 616. The van der Waals surface area contributed by atoms with E-state index in [0.29, 0.717) is 18.5 Å². The van der Waals surface area contributed by atoms with Crippen LogP contribution in [0.1, 0.15) is 19.8 Å². The Morgan fingerprint density at radius 3 is 2.45 bits per heavy atom. The fourth-order valence-electron chi connectivity index (χ4n) is 2.80. The van der Waals surface area contributed by atoms with Crippen molar-refractivity contribution in [1.82, 2.24) is 15.3 Å². The van der Waals surface area contributed by atoms with Crippen molar-refractivity contribution >= 4 is 29.3 Å². The van der Waals surface area contributed by atoms with E-state index in [1.165, 1.54) is 0 Å². The molecule has 3 rings (SSSR count). The van der Waals surface area contributed by atoms with Crippen LogP contribution < -0.4 is 15.0 Å². The van der Waals surface area contributed by atoms with Gasteiger partial charge in [-0.1, -0.05) is 12.1 Å². The van der Waals surface area contributed by atoms with E-state index in [0.717, 1.165) is 42.8 Å². The van der Waals surface area contributed by atoms with Crippen LogP contribution in [0, 0.1) is 0 Å². The molecule has 1 fully saturated rings. The molecule has 1 aromatic carbocycles. The second-order valence-corrected chi connectivity index (χ2v) is 5.37. The summed E-state index contributed by atoms with van der Waals surface area (Å²) in [7, 11) is 2.09. The fraction of sp³-hybridized carbons (Fsp3) is 0.500. The predicted octanol–water partition coefficient (Wildman–Crippen LogP) is 2.64. The number of nitrogens with zero attached hydrogens (tertiary/aromatic N) is 3. The Morgan fingerprint density at radius 1 is 1.18 bits per heavy atom. The molecule has 1 saturated heterocycles. The molecule has 2 aromatic rings. The number of anilines is 1. The molecule has 0 amide bonds. The number of para-hydroxylation sites is 2. The highest BCUT2D eigenvalue weighted by Gasteiger charge is 2.23. The minimum Gasteiger partial charge on any atom is -0.475 e. The van der Waals surface area contributed by atoms with E-state index in [1.54, 1.807) is 0 Å². The van der Waals surface area contributed by atoms with Crippen LogP contribution in [0.2, 0.25) is 0 Å². The highest BCUT2D eigenvalue weighted by atomic mass is 35.5. The van der Waals surface area contributed by atoms with E-state index in [9.17, 15) is 0 Å². The van der Waals surface area contributed by atoms with Crippen LogP contribution >= 0.6 is 12.4 Å². The van der Waals surface area contributed by atoms with Gasteiger partial charge in [-0.05, 0) is 45.0 Å². The average molecular weight is 323 g/mol. The number of fused-ring (bicyclic) bond motifs is 1. The molecule has 0 unspecified atom stereocenters. The van der Waals surface area contributed by atoms with E-state index < -0.39 is 0 Å². The first-order chi connectivity index (χ1) is 10.3. The third kappa shape index (κ3) is 3.42. The number of rotatable bonds is 4. The molecule has 5 nitrogen and oxygen atoms in total. The van der Waals surface area contributed by atoms with E-state index in [1.807, 2.05) is 31.2 Å². The minimum absolute atomic E-state index is 0. The van der Waals surface area contributed by atoms with Crippen LogP contribution in [0.4, 0.5) is 5.82 Å². The van der Waals surface area contributed by atoms with Crippen molar-refractivity contribution in [3.05, 3.63) is 24.3 Å². The Hall–Kier alpha value is -1.59. The summed E-state index contributed by atoms with van der Waals surface area (Å²) in [5, 5.41) is 3.40. The van der Waals surface area contributed by atoms with E-state index in [-0.39, 0.29) is 12.4 Å². The molecule has 1 aliphatic rings. The Kier molecular flexibility index (Phi) is 5.80. The van der Waals surface area contributed by atoms with E-state index in [2.05, 4.69) is 22.2 Å². The number of ether oxygens (including phenoxy) is 1. The van der Waals surface area contributed by atoms with E-state index in [4.69, 9.17) is 9.72 Å². The summed E-state index contributed by atoms with van der Waals surface area (Å²) in [6, 6.07) is 8.42. The van der Waals surface area contributed by atoms with Gasteiger partial charge in [0.15, 0.2) is 5.82 Å². The van der Waals surface area contributed by atoms with E-state index >= 15 is 0 Å². The standard InChI is InChI=1S/C16H22N4O.ClH/c1-3-21-16-15(20(2)12-8-10-17-11-9-12)18-13-6-4-5-7-14(13)19-16;/h4-7,12,17H,3,8-11H2,1-2H3;1H. The van der Waals surface area contributed by atoms with Crippen molar-refractivity contribution in [2.45, 2.75) is 25.8 Å². The molecule has 0 atom stereocenters. The highest BCUT2D eigenvalue weighted by Crippen LogP contribution is 2.29. The summed E-state index contributed by atoms with van der Waals surface area (Å²) in [5.74, 6) is 1.49. The summed E-state index contributed by atoms with van der Waals surface area (Å²) in [6.07, 6.45) is 2.24. The number of hydrogen-bond donors (Lipinski definition) is 1. The van der Waals surface area contributed by atoms with Gasteiger partial charge in [-0.2, -0.15) is 0 Å². The van der Waals surface area contributed by atoms with Crippen molar-refractivity contribution in [2.24, 2.45) is 0 Å². The number of aromatic nitrogens is 2. The average Bonchev–Trinajstić information content (AvgIpc) is 2.55. The van der Waals surface area contributed by atoms with Gasteiger partial charge in [0, 0.05) is 13.1 Å². The summed E-state index contributed by atoms with van der Waals surface area (Å²) in [4.78, 5) is 11.7. The molecule has 22 heavy (non-hydrogen) atoms. The number of nitrogens with one attached hydrogen (secondary N) is 1. The first-order valence-corrected chi connectivity index (χ1v) is 7.62. The molecule has 0 spiro atoms. The van der Waals surface area contributed by atoms with Gasteiger partial charge in [0.05, 0.1) is 17.6 Å². The van der Waals surface area contributed by atoms with Gasteiger partial charge in [-0.15, -0.1) is 12.4 Å². The van der Waals surface area contributed by atoms with Crippen LogP contribution in [0.15, 0.2) is 24.3 Å². The maximum Gasteiger partial charge on any atom is 0.258 e. The molecular formula is C16H23ClN4O. The molecule has 0 aliphatic carbocycles. The zero-order valence-corrected chi connectivity index (χ0v) is 13.9. The third-order valence-electron chi connectivity index (χ3n) is 3.99.